The highest BCUT2D eigenvalue weighted by Gasteiger charge is 2.56. The molecule has 1 fully saturated rings. The first-order chi connectivity index (χ1) is 34.2. The zero-order chi connectivity index (χ0) is 48.7. The van der Waals surface area contributed by atoms with Crippen molar-refractivity contribution >= 4 is 69.5 Å². The monoisotopic (exact) mass is 987 g/mol. The topological polar surface area (TPSA) is 163 Å². The smallest absolute Gasteiger partial charge is 0.389 e. The number of carboxylic acids is 1. The Morgan fingerprint density at radius 2 is 1.33 bits per heavy atom. The number of ether oxygens (including phenoxy) is 1. The molecule has 0 aliphatic carbocycles. The number of oxime groups is 1. The van der Waals surface area contributed by atoms with E-state index in [1.54, 1.807) is 12.3 Å². The number of aliphatic carboxylic acids is 1. The fourth-order valence-corrected chi connectivity index (χ4v) is 12.3. The SMILES string of the molecule is CCO/N=C(\C(=O)N[C@@H]1C(=O)N2C(C(=O)O)=C(CSc3cccc[n+]3C(C(=O)OC)(c3ccccc3)c3ccccc3)CS[C@H]12)c1csc(NC(c2ccccc2)(c2ccccc2)c2ccccc2)n1. The van der Waals surface area contributed by atoms with Crippen LogP contribution in [0.3, 0.4) is 0 Å². The van der Waals surface area contributed by atoms with Crippen molar-refractivity contribution in [2.24, 2.45) is 5.16 Å². The summed E-state index contributed by atoms with van der Waals surface area (Å²) in [5.41, 5.74) is 2.37. The Hall–Kier alpha value is -7.53. The predicted molar refractivity (Wildman–Crippen MR) is 271 cm³/mol. The van der Waals surface area contributed by atoms with E-state index in [4.69, 9.17) is 14.6 Å². The summed E-state index contributed by atoms with van der Waals surface area (Å²) in [5.74, 6) is -2.62. The fourth-order valence-electron chi connectivity index (χ4n) is 8.99. The number of amides is 2. The highest BCUT2D eigenvalue weighted by molar-refractivity contribution is 8.01. The van der Waals surface area contributed by atoms with Crippen LogP contribution in [0, 0.1) is 0 Å². The van der Waals surface area contributed by atoms with Gasteiger partial charge in [0.05, 0.1) is 7.11 Å². The molecule has 1 saturated heterocycles. The number of esters is 1. The first kappa shape index (κ1) is 47.5. The van der Waals surface area contributed by atoms with Crippen molar-refractivity contribution < 1.29 is 38.4 Å². The molecule has 2 aliphatic heterocycles. The second-order valence-corrected chi connectivity index (χ2v) is 19.1. The van der Waals surface area contributed by atoms with Gasteiger partial charge in [0, 0.05) is 40.1 Å². The van der Waals surface area contributed by atoms with E-state index >= 15 is 0 Å². The molecular formula is C54H47N6O7S3+. The van der Waals surface area contributed by atoms with Crippen LogP contribution < -0.4 is 15.2 Å². The van der Waals surface area contributed by atoms with Gasteiger partial charge < -0.3 is 25.3 Å². The van der Waals surface area contributed by atoms with Crippen LogP contribution in [0.25, 0.3) is 0 Å². The van der Waals surface area contributed by atoms with E-state index < -0.39 is 46.2 Å². The molecule has 70 heavy (non-hydrogen) atoms. The molecule has 13 nitrogen and oxygen atoms in total. The van der Waals surface area contributed by atoms with Gasteiger partial charge in [-0.15, -0.1) is 23.1 Å². The number of β-lactam (4-membered cyclic amide) rings is 1. The van der Waals surface area contributed by atoms with Gasteiger partial charge in [0.2, 0.25) is 5.03 Å². The van der Waals surface area contributed by atoms with Gasteiger partial charge in [-0.25, -0.2) is 14.6 Å². The standard InChI is InChI=1S/C54H46N6O7S3/c1-3-67-58-44(42-35-70-52(55-42)57-53(37-21-9-4-10-22-37,38-23-11-5-12-24-38)39-25-13-6-14-26-39)47(61)56-45-48(62)60-46(50(63)64)36(34-69-49(45)60)33-68-43-31-19-20-32-59(43)54(51(65)66-2,40-27-15-7-16-28-40)41-29-17-8-18-30-41/h4-32,35,45,49H,3,33-34H2,1-2H3,(H2-,55,56,57,61,63,64)/p+1/b58-44-/t45-,49-/m1/s1. The van der Waals surface area contributed by atoms with Crippen molar-refractivity contribution in [3.05, 3.63) is 226 Å². The lowest BCUT2D eigenvalue weighted by Crippen LogP contribution is -2.71. The summed E-state index contributed by atoms with van der Waals surface area (Å²) < 4.78 is 7.38. The summed E-state index contributed by atoms with van der Waals surface area (Å²) in [5, 5.41) is 23.5. The molecular weight excluding hydrogens is 941 g/mol. The molecule has 9 rings (SSSR count). The fraction of sp³-hybridized carbons (Fsp3) is 0.167. The van der Waals surface area contributed by atoms with E-state index in [1.807, 2.05) is 144 Å². The third-order valence-electron chi connectivity index (χ3n) is 12.1. The average Bonchev–Trinajstić information content (AvgIpc) is 3.88. The van der Waals surface area contributed by atoms with Crippen LogP contribution >= 0.6 is 34.9 Å². The lowest BCUT2D eigenvalue weighted by molar-refractivity contribution is -0.764. The minimum atomic E-state index is -1.44. The van der Waals surface area contributed by atoms with Crippen LogP contribution in [0.2, 0.25) is 0 Å². The molecule has 2 aliphatic rings. The third kappa shape index (κ3) is 8.85. The molecule has 3 N–H and O–H groups in total. The van der Waals surface area contributed by atoms with Crippen LogP contribution in [-0.4, -0.2) is 81.1 Å². The van der Waals surface area contributed by atoms with Crippen LogP contribution in [0.5, 0.6) is 0 Å². The summed E-state index contributed by atoms with van der Waals surface area (Å²) in [4.78, 5) is 67.1. The van der Waals surface area contributed by atoms with E-state index in [0.717, 1.165) is 16.7 Å². The number of fused-ring (bicyclic) bond motifs is 1. The number of nitrogens with zero attached hydrogens (tertiary/aromatic N) is 4. The minimum Gasteiger partial charge on any atom is -0.477 e. The number of nitrogens with one attached hydrogen (secondary N) is 2. The maximum Gasteiger partial charge on any atom is 0.389 e. The van der Waals surface area contributed by atoms with E-state index in [-0.39, 0.29) is 35.2 Å². The predicted octanol–water partition coefficient (Wildman–Crippen LogP) is 8.07. The van der Waals surface area contributed by atoms with Crippen molar-refractivity contribution in [3.63, 3.8) is 0 Å². The molecule has 0 unspecified atom stereocenters. The lowest BCUT2D eigenvalue weighted by atomic mass is 9.77. The molecule has 2 atom stereocenters. The van der Waals surface area contributed by atoms with Crippen LogP contribution in [0.1, 0.15) is 40.4 Å². The maximum atomic E-state index is 14.2. The number of benzene rings is 5. The number of methoxy groups -OCH3 is 1. The van der Waals surface area contributed by atoms with E-state index in [1.165, 1.54) is 46.9 Å². The van der Waals surface area contributed by atoms with Gasteiger partial charge in [0.25, 0.3) is 11.8 Å². The summed E-state index contributed by atoms with van der Waals surface area (Å²) in [6.45, 7) is 1.90. The number of carboxylic acid groups (broad SMARTS) is 1. The number of hydrogen-bond acceptors (Lipinski definition) is 12. The number of thioether (sulfide) groups is 2. The molecule has 0 bridgehead atoms. The number of anilines is 1. The van der Waals surface area contributed by atoms with Gasteiger partial charge in [0.15, 0.2) is 17.0 Å². The van der Waals surface area contributed by atoms with Crippen LogP contribution in [0.15, 0.2) is 203 Å². The van der Waals surface area contributed by atoms with Crippen molar-refractivity contribution in [2.45, 2.75) is 34.4 Å². The second-order valence-electron chi connectivity index (χ2n) is 16.1. The number of rotatable bonds is 18. The summed E-state index contributed by atoms with van der Waals surface area (Å²) in [6, 6.07) is 53.3. The molecule has 5 aromatic carbocycles. The first-order valence-corrected chi connectivity index (χ1v) is 25.3. The molecule has 2 aromatic heterocycles. The summed E-state index contributed by atoms with van der Waals surface area (Å²) in [7, 11) is 1.35. The number of pyridine rings is 1. The molecule has 7 aromatic rings. The molecule has 16 heteroatoms. The number of aromatic nitrogens is 2. The Labute approximate surface area is 417 Å². The normalized spacial score (nSPS) is 15.9. The van der Waals surface area contributed by atoms with E-state index in [0.29, 0.717) is 26.9 Å². The number of thiazole rings is 1. The lowest BCUT2D eigenvalue weighted by Gasteiger charge is -2.49. The van der Waals surface area contributed by atoms with Crippen molar-refractivity contribution in [1.82, 2.24) is 15.2 Å². The van der Waals surface area contributed by atoms with Crippen molar-refractivity contribution in [3.8, 4) is 0 Å². The maximum absolute atomic E-state index is 14.2. The molecule has 352 valence electrons. The van der Waals surface area contributed by atoms with Gasteiger partial charge >= 0.3 is 17.5 Å². The third-order valence-corrected chi connectivity index (χ3v) is 15.4. The average molecular weight is 988 g/mol. The van der Waals surface area contributed by atoms with Gasteiger partial charge in [-0.1, -0.05) is 169 Å². The van der Waals surface area contributed by atoms with Gasteiger partial charge in [-0.05, 0) is 35.3 Å². The Bertz CT molecular complexity index is 2930. The van der Waals surface area contributed by atoms with Crippen LogP contribution in [-0.2, 0) is 39.8 Å². The molecule has 0 radical (unpaired) electrons. The molecule has 4 heterocycles. The zero-order valence-electron chi connectivity index (χ0n) is 38.0. The van der Waals surface area contributed by atoms with Gasteiger partial charge in [-0.3, -0.25) is 14.5 Å². The zero-order valence-corrected chi connectivity index (χ0v) is 40.5. The number of carbonyl (C=O) groups is 4. The second kappa shape index (κ2) is 21.0. The summed E-state index contributed by atoms with van der Waals surface area (Å²) in [6.07, 6.45) is 1.81. The summed E-state index contributed by atoms with van der Waals surface area (Å²) >= 11 is 3.98. The van der Waals surface area contributed by atoms with E-state index in [2.05, 4.69) is 52.2 Å². The number of carbonyl (C=O) groups excluding carboxylic acids is 3. The molecule has 0 spiro atoms. The first-order valence-electron chi connectivity index (χ1n) is 22.4. The van der Waals surface area contributed by atoms with Gasteiger partial charge in [-0.2, -0.15) is 4.57 Å². The van der Waals surface area contributed by atoms with Crippen LogP contribution in [0.4, 0.5) is 5.13 Å². The Kier molecular flexibility index (Phi) is 14.3. The largest absolute Gasteiger partial charge is 0.477 e. The molecule has 2 amide bonds. The van der Waals surface area contributed by atoms with Crippen molar-refractivity contribution in [2.75, 3.05) is 30.5 Å². The molecule has 0 saturated carbocycles. The highest BCUT2D eigenvalue weighted by Crippen LogP contribution is 2.43. The van der Waals surface area contributed by atoms with Gasteiger partial charge in [0.1, 0.15) is 35.0 Å². The van der Waals surface area contributed by atoms with E-state index in [9.17, 15) is 24.3 Å². The Morgan fingerprint density at radius 1 is 0.800 bits per heavy atom. The Balaban J connectivity index is 0.968. The minimum absolute atomic E-state index is 0.140. The number of hydrogen-bond donors (Lipinski definition) is 3. The Morgan fingerprint density at radius 3 is 1.84 bits per heavy atom. The van der Waals surface area contributed by atoms with Crippen molar-refractivity contribution in [1.29, 1.82) is 0 Å². The quantitative estimate of drug-likeness (QED) is 0.0145. The highest BCUT2D eigenvalue weighted by atomic mass is 32.2.